The predicted molar refractivity (Wildman–Crippen MR) is 66.4 cm³/mol. The topological polar surface area (TPSA) is 46.5 Å². The van der Waals surface area contributed by atoms with Gasteiger partial charge in [-0.25, -0.2) is 0 Å². The van der Waals surface area contributed by atoms with Crippen LogP contribution in [0.25, 0.3) is 0 Å². The van der Waals surface area contributed by atoms with Gasteiger partial charge in [0.1, 0.15) is 5.75 Å². The van der Waals surface area contributed by atoms with E-state index < -0.39 is 11.9 Å². The van der Waals surface area contributed by atoms with Crippen LogP contribution < -0.4 is 4.74 Å². The molecule has 4 heteroatoms. The van der Waals surface area contributed by atoms with Gasteiger partial charge in [-0.05, 0) is 31.0 Å². The summed E-state index contributed by atoms with van der Waals surface area (Å²) in [6.07, 6.45) is 0.929. The molecule has 0 spiro atoms. The van der Waals surface area contributed by atoms with Crippen LogP contribution in [0.5, 0.6) is 5.75 Å². The van der Waals surface area contributed by atoms with Crippen LogP contribution in [0, 0.1) is 0 Å². The molecule has 0 aliphatic heterocycles. The normalized spacial score (nSPS) is 12.1. The SMILES string of the molecule is CC(C(=O)O)c1cccc(OCCCBr)c1. The molecule has 0 bridgehead atoms. The van der Waals surface area contributed by atoms with Crippen LogP contribution in [0.3, 0.4) is 0 Å². The summed E-state index contributed by atoms with van der Waals surface area (Å²) >= 11 is 3.32. The summed E-state index contributed by atoms with van der Waals surface area (Å²) in [4.78, 5) is 10.8. The van der Waals surface area contributed by atoms with Gasteiger partial charge in [-0.3, -0.25) is 4.79 Å². The zero-order valence-electron chi connectivity index (χ0n) is 9.15. The molecule has 0 aromatic heterocycles. The number of hydrogen-bond acceptors (Lipinski definition) is 2. The molecule has 1 N–H and O–H groups in total. The lowest BCUT2D eigenvalue weighted by Gasteiger charge is -2.09. The van der Waals surface area contributed by atoms with E-state index in [0.717, 1.165) is 23.1 Å². The maximum Gasteiger partial charge on any atom is 0.310 e. The van der Waals surface area contributed by atoms with Crippen molar-refractivity contribution in [2.75, 3.05) is 11.9 Å². The summed E-state index contributed by atoms with van der Waals surface area (Å²) in [5, 5.41) is 9.79. The maximum absolute atomic E-state index is 10.8. The molecule has 0 saturated heterocycles. The van der Waals surface area contributed by atoms with Gasteiger partial charge in [-0.2, -0.15) is 0 Å². The number of halogens is 1. The number of aliphatic carboxylic acids is 1. The minimum atomic E-state index is -0.822. The first kappa shape index (κ1) is 13.0. The van der Waals surface area contributed by atoms with Gasteiger partial charge in [0.05, 0.1) is 12.5 Å². The number of rotatable bonds is 6. The van der Waals surface area contributed by atoms with E-state index in [4.69, 9.17) is 9.84 Å². The molecule has 1 atom stereocenters. The van der Waals surface area contributed by atoms with Gasteiger partial charge in [0.2, 0.25) is 0 Å². The molecular formula is C12H15BrO3. The summed E-state index contributed by atoms with van der Waals surface area (Å²) < 4.78 is 5.49. The van der Waals surface area contributed by atoms with E-state index in [9.17, 15) is 4.79 Å². The highest BCUT2D eigenvalue weighted by Crippen LogP contribution is 2.21. The van der Waals surface area contributed by atoms with Crippen molar-refractivity contribution < 1.29 is 14.6 Å². The van der Waals surface area contributed by atoms with Crippen molar-refractivity contribution in [2.24, 2.45) is 0 Å². The number of alkyl halides is 1. The molecule has 16 heavy (non-hydrogen) atoms. The van der Waals surface area contributed by atoms with Gasteiger partial charge in [0.15, 0.2) is 0 Å². The van der Waals surface area contributed by atoms with Crippen molar-refractivity contribution in [3.05, 3.63) is 29.8 Å². The number of hydrogen-bond donors (Lipinski definition) is 1. The second kappa shape index (κ2) is 6.53. The Balaban J connectivity index is 2.67. The van der Waals surface area contributed by atoms with Gasteiger partial charge in [0.25, 0.3) is 0 Å². The number of carboxylic acid groups (broad SMARTS) is 1. The van der Waals surface area contributed by atoms with Crippen LogP contribution in [0.15, 0.2) is 24.3 Å². The van der Waals surface area contributed by atoms with Crippen LogP contribution in [0.2, 0.25) is 0 Å². The molecule has 0 fully saturated rings. The highest BCUT2D eigenvalue weighted by atomic mass is 79.9. The van der Waals surface area contributed by atoms with Crippen molar-refractivity contribution in [3.63, 3.8) is 0 Å². The summed E-state index contributed by atoms with van der Waals surface area (Å²) in [5.41, 5.74) is 0.767. The molecule has 0 aliphatic carbocycles. The fourth-order valence-corrected chi connectivity index (χ4v) is 1.49. The highest BCUT2D eigenvalue weighted by molar-refractivity contribution is 9.09. The Morgan fingerprint density at radius 2 is 2.31 bits per heavy atom. The minimum Gasteiger partial charge on any atom is -0.494 e. The Kier molecular flexibility index (Phi) is 5.32. The van der Waals surface area contributed by atoms with E-state index in [2.05, 4.69) is 15.9 Å². The molecule has 3 nitrogen and oxygen atoms in total. The molecule has 0 radical (unpaired) electrons. The van der Waals surface area contributed by atoms with Crippen LogP contribution >= 0.6 is 15.9 Å². The molecular weight excluding hydrogens is 272 g/mol. The van der Waals surface area contributed by atoms with Crippen LogP contribution in [0.4, 0.5) is 0 Å². The Morgan fingerprint density at radius 3 is 2.94 bits per heavy atom. The lowest BCUT2D eigenvalue weighted by Crippen LogP contribution is -2.07. The first-order valence-electron chi connectivity index (χ1n) is 5.16. The molecule has 1 aromatic rings. The number of ether oxygens (including phenoxy) is 1. The van der Waals surface area contributed by atoms with E-state index in [1.54, 1.807) is 19.1 Å². The van der Waals surface area contributed by atoms with Crippen LogP contribution in [-0.4, -0.2) is 23.0 Å². The van der Waals surface area contributed by atoms with Gasteiger partial charge in [-0.1, -0.05) is 28.1 Å². The molecule has 0 saturated carbocycles. The standard InChI is InChI=1S/C12H15BrO3/c1-9(12(14)15)10-4-2-5-11(8-10)16-7-3-6-13/h2,4-5,8-9H,3,6-7H2,1H3,(H,14,15). The van der Waals surface area contributed by atoms with Crippen molar-refractivity contribution in [2.45, 2.75) is 19.3 Å². The molecule has 1 unspecified atom stereocenters. The number of carboxylic acids is 1. The van der Waals surface area contributed by atoms with Crippen LogP contribution in [0.1, 0.15) is 24.8 Å². The Morgan fingerprint density at radius 1 is 1.56 bits per heavy atom. The summed E-state index contributed by atoms with van der Waals surface area (Å²) in [6.45, 7) is 2.30. The van der Waals surface area contributed by atoms with Crippen molar-refractivity contribution in [3.8, 4) is 5.75 Å². The monoisotopic (exact) mass is 286 g/mol. The molecule has 1 rings (SSSR count). The van der Waals surface area contributed by atoms with E-state index >= 15 is 0 Å². The maximum atomic E-state index is 10.8. The van der Waals surface area contributed by atoms with Crippen molar-refractivity contribution >= 4 is 21.9 Å². The first-order valence-corrected chi connectivity index (χ1v) is 6.29. The summed E-state index contributed by atoms with van der Waals surface area (Å²) in [6, 6.07) is 7.24. The second-order valence-electron chi connectivity index (χ2n) is 3.52. The zero-order valence-corrected chi connectivity index (χ0v) is 10.7. The number of benzene rings is 1. The minimum absolute atomic E-state index is 0.500. The smallest absolute Gasteiger partial charge is 0.310 e. The van der Waals surface area contributed by atoms with E-state index in [-0.39, 0.29) is 0 Å². The molecule has 0 amide bonds. The summed E-state index contributed by atoms with van der Waals surface area (Å²) in [5.74, 6) is -0.594. The Bertz CT molecular complexity index is 352. The average molecular weight is 287 g/mol. The third-order valence-corrected chi connectivity index (χ3v) is 2.84. The third kappa shape index (κ3) is 3.85. The van der Waals surface area contributed by atoms with Gasteiger partial charge < -0.3 is 9.84 Å². The largest absolute Gasteiger partial charge is 0.494 e. The van der Waals surface area contributed by atoms with Crippen molar-refractivity contribution in [1.82, 2.24) is 0 Å². The quantitative estimate of drug-likeness (QED) is 0.646. The molecule has 88 valence electrons. The second-order valence-corrected chi connectivity index (χ2v) is 4.32. The van der Waals surface area contributed by atoms with E-state index in [1.807, 2.05) is 12.1 Å². The Labute approximate surface area is 104 Å². The fraction of sp³-hybridized carbons (Fsp3) is 0.417. The average Bonchev–Trinajstić information content (AvgIpc) is 2.29. The van der Waals surface area contributed by atoms with Crippen LogP contribution in [-0.2, 0) is 4.79 Å². The molecule has 0 heterocycles. The first-order chi connectivity index (χ1) is 7.65. The summed E-state index contributed by atoms with van der Waals surface area (Å²) in [7, 11) is 0. The molecule has 1 aromatic carbocycles. The van der Waals surface area contributed by atoms with E-state index in [0.29, 0.717) is 6.61 Å². The lowest BCUT2D eigenvalue weighted by molar-refractivity contribution is -0.138. The Hall–Kier alpha value is -1.03. The lowest BCUT2D eigenvalue weighted by atomic mass is 10.0. The van der Waals surface area contributed by atoms with Gasteiger partial charge in [0, 0.05) is 5.33 Å². The third-order valence-electron chi connectivity index (χ3n) is 2.28. The number of carbonyl (C=O) groups is 1. The van der Waals surface area contributed by atoms with Gasteiger partial charge in [-0.15, -0.1) is 0 Å². The molecule has 0 aliphatic rings. The van der Waals surface area contributed by atoms with Gasteiger partial charge >= 0.3 is 5.97 Å². The van der Waals surface area contributed by atoms with E-state index in [1.165, 1.54) is 0 Å². The van der Waals surface area contributed by atoms with Crippen molar-refractivity contribution in [1.29, 1.82) is 0 Å². The highest BCUT2D eigenvalue weighted by Gasteiger charge is 2.13. The predicted octanol–water partition coefficient (Wildman–Crippen LogP) is 3.04. The fourth-order valence-electron chi connectivity index (χ4n) is 1.26. The zero-order chi connectivity index (χ0) is 12.0.